The van der Waals surface area contributed by atoms with E-state index in [1.165, 1.54) is 12.8 Å². The van der Waals surface area contributed by atoms with Crippen LogP contribution in [0.15, 0.2) is 17.4 Å². The van der Waals surface area contributed by atoms with Gasteiger partial charge in [0.15, 0.2) is 5.17 Å². The minimum atomic E-state index is 0.692. The molecule has 5 nitrogen and oxygen atoms in total. The van der Waals surface area contributed by atoms with Crippen LogP contribution in [0, 0.1) is 0 Å². The first-order chi connectivity index (χ1) is 8.38. The summed E-state index contributed by atoms with van der Waals surface area (Å²) in [5, 5.41) is 12.9. The second-order valence-corrected chi connectivity index (χ2v) is 5.41. The molecule has 0 aromatic carbocycles. The molecule has 0 bridgehead atoms. The van der Waals surface area contributed by atoms with E-state index in [-0.39, 0.29) is 0 Å². The van der Waals surface area contributed by atoms with Crippen molar-refractivity contribution in [2.75, 3.05) is 13.1 Å². The number of hydrogen-bond acceptors (Lipinski definition) is 5. The number of aryl methyl sites for hydroxylation is 1. The Labute approximate surface area is 106 Å². The van der Waals surface area contributed by atoms with Gasteiger partial charge in [-0.25, -0.2) is 0 Å². The molecule has 94 valence electrons. The van der Waals surface area contributed by atoms with Gasteiger partial charge in [0.2, 0.25) is 0 Å². The third-order valence-corrected chi connectivity index (χ3v) is 3.85. The molecule has 2 heterocycles. The smallest absolute Gasteiger partial charge is 0.156 e. The minimum absolute atomic E-state index is 0.692. The molecule has 0 aliphatic carbocycles. The maximum atomic E-state index is 4.50. The highest BCUT2D eigenvalue weighted by molar-refractivity contribution is 8.14. The van der Waals surface area contributed by atoms with Crippen molar-refractivity contribution >= 4 is 16.9 Å². The predicted octanol–water partition coefficient (Wildman–Crippen LogP) is 1.53. The predicted molar refractivity (Wildman–Crippen MR) is 71.2 cm³/mol. The number of aliphatic imine (C=N–C) groups is 1. The van der Waals surface area contributed by atoms with E-state index in [2.05, 4.69) is 27.5 Å². The molecular formula is C11H19N5S. The Kier molecular flexibility index (Phi) is 4.85. The summed E-state index contributed by atoms with van der Waals surface area (Å²) >= 11 is 1.89. The van der Waals surface area contributed by atoms with Crippen LogP contribution in [-0.4, -0.2) is 38.5 Å². The molecule has 6 heteroatoms. The molecule has 0 spiro atoms. The molecule has 0 saturated carbocycles. The number of amidine groups is 1. The van der Waals surface area contributed by atoms with Crippen molar-refractivity contribution in [2.45, 2.75) is 38.0 Å². The SMILES string of the molecule is CCCC1CN=C(NCCCn2ccnn2)S1. The third kappa shape index (κ3) is 4.03. The zero-order valence-electron chi connectivity index (χ0n) is 10.2. The van der Waals surface area contributed by atoms with Gasteiger partial charge in [0.05, 0.1) is 12.7 Å². The summed E-state index contributed by atoms with van der Waals surface area (Å²) in [6.45, 7) is 5.06. The number of rotatable bonds is 6. The lowest BCUT2D eigenvalue weighted by Crippen LogP contribution is -2.22. The van der Waals surface area contributed by atoms with Gasteiger partial charge in [0.1, 0.15) is 0 Å². The van der Waals surface area contributed by atoms with Gasteiger partial charge in [-0.05, 0) is 12.8 Å². The Bertz CT molecular complexity index is 349. The Morgan fingerprint density at radius 1 is 1.59 bits per heavy atom. The summed E-state index contributed by atoms with van der Waals surface area (Å²) in [6.07, 6.45) is 7.14. The van der Waals surface area contributed by atoms with Gasteiger partial charge in [-0.3, -0.25) is 9.67 Å². The quantitative estimate of drug-likeness (QED) is 0.781. The molecule has 0 radical (unpaired) electrons. The Balaban J connectivity index is 1.57. The minimum Gasteiger partial charge on any atom is -0.365 e. The van der Waals surface area contributed by atoms with Gasteiger partial charge in [-0.2, -0.15) is 0 Å². The average Bonchev–Trinajstić information content (AvgIpc) is 2.96. The average molecular weight is 253 g/mol. The van der Waals surface area contributed by atoms with Crippen LogP contribution in [0.2, 0.25) is 0 Å². The lowest BCUT2D eigenvalue weighted by molar-refractivity contribution is 0.555. The fourth-order valence-corrected chi connectivity index (χ4v) is 2.93. The maximum Gasteiger partial charge on any atom is 0.156 e. The number of thioether (sulfide) groups is 1. The van der Waals surface area contributed by atoms with Gasteiger partial charge in [0.25, 0.3) is 0 Å². The molecule has 1 aliphatic heterocycles. The van der Waals surface area contributed by atoms with E-state index in [9.17, 15) is 0 Å². The van der Waals surface area contributed by atoms with Crippen LogP contribution >= 0.6 is 11.8 Å². The largest absolute Gasteiger partial charge is 0.365 e. The molecular weight excluding hydrogens is 234 g/mol. The van der Waals surface area contributed by atoms with Crippen LogP contribution in [0.1, 0.15) is 26.2 Å². The first kappa shape index (κ1) is 12.4. The van der Waals surface area contributed by atoms with Crippen molar-refractivity contribution in [2.24, 2.45) is 4.99 Å². The van der Waals surface area contributed by atoms with E-state index in [0.29, 0.717) is 5.25 Å². The molecule has 1 atom stereocenters. The zero-order valence-corrected chi connectivity index (χ0v) is 11.0. The summed E-state index contributed by atoms with van der Waals surface area (Å²) < 4.78 is 1.85. The molecule has 1 aliphatic rings. The number of nitrogens with one attached hydrogen (secondary N) is 1. The summed E-state index contributed by atoms with van der Waals surface area (Å²) in [7, 11) is 0. The van der Waals surface area contributed by atoms with Crippen molar-refractivity contribution in [3.8, 4) is 0 Å². The Morgan fingerprint density at radius 3 is 3.29 bits per heavy atom. The summed E-state index contributed by atoms with van der Waals surface area (Å²) in [5.41, 5.74) is 0. The first-order valence-corrected chi connectivity index (χ1v) is 7.05. The van der Waals surface area contributed by atoms with Crippen molar-refractivity contribution in [1.82, 2.24) is 20.3 Å². The Morgan fingerprint density at radius 2 is 2.53 bits per heavy atom. The summed E-state index contributed by atoms with van der Waals surface area (Å²) in [4.78, 5) is 4.50. The van der Waals surface area contributed by atoms with E-state index in [0.717, 1.165) is 31.2 Å². The number of aromatic nitrogens is 3. The second kappa shape index (κ2) is 6.64. The van der Waals surface area contributed by atoms with Gasteiger partial charge >= 0.3 is 0 Å². The fourth-order valence-electron chi connectivity index (χ4n) is 1.78. The highest BCUT2D eigenvalue weighted by Gasteiger charge is 2.17. The third-order valence-electron chi connectivity index (χ3n) is 2.64. The van der Waals surface area contributed by atoms with Crippen LogP contribution in [-0.2, 0) is 6.54 Å². The van der Waals surface area contributed by atoms with Crippen molar-refractivity contribution in [1.29, 1.82) is 0 Å². The topological polar surface area (TPSA) is 55.1 Å². The lowest BCUT2D eigenvalue weighted by atomic mass is 10.2. The fraction of sp³-hybridized carbons (Fsp3) is 0.727. The Hall–Kier alpha value is -1.04. The van der Waals surface area contributed by atoms with E-state index in [1.54, 1.807) is 6.20 Å². The molecule has 1 N–H and O–H groups in total. The number of hydrogen-bond donors (Lipinski definition) is 1. The standard InChI is InChI=1S/C11H19N5S/c1-2-4-10-9-13-11(17-10)12-5-3-7-16-8-6-14-15-16/h6,8,10H,2-5,7,9H2,1H3,(H,12,13). The highest BCUT2D eigenvalue weighted by Crippen LogP contribution is 2.23. The normalized spacial score (nSPS) is 19.4. The molecule has 0 saturated heterocycles. The summed E-state index contributed by atoms with van der Waals surface area (Å²) in [5.74, 6) is 0. The van der Waals surface area contributed by atoms with Gasteiger partial charge in [0, 0.05) is 24.5 Å². The second-order valence-electron chi connectivity index (χ2n) is 4.12. The highest BCUT2D eigenvalue weighted by atomic mass is 32.2. The van der Waals surface area contributed by atoms with Crippen molar-refractivity contribution < 1.29 is 0 Å². The van der Waals surface area contributed by atoms with Gasteiger partial charge in [-0.15, -0.1) is 5.10 Å². The van der Waals surface area contributed by atoms with Crippen LogP contribution in [0.5, 0.6) is 0 Å². The maximum absolute atomic E-state index is 4.50. The first-order valence-electron chi connectivity index (χ1n) is 6.17. The molecule has 1 aromatic rings. The van der Waals surface area contributed by atoms with Crippen LogP contribution in [0.4, 0.5) is 0 Å². The molecule has 1 unspecified atom stereocenters. The molecule has 2 rings (SSSR count). The van der Waals surface area contributed by atoms with Crippen molar-refractivity contribution in [3.63, 3.8) is 0 Å². The van der Waals surface area contributed by atoms with Crippen LogP contribution in [0.3, 0.4) is 0 Å². The van der Waals surface area contributed by atoms with Gasteiger partial charge in [-0.1, -0.05) is 30.3 Å². The van der Waals surface area contributed by atoms with Gasteiger partial charge < -0.3 is 5.32 Å². The lowest BCUT2D eigenvalue weighted by Gasteiger charge is -2.07. The summed E-state index contributed by atoms with van der Waals surface area (Å²) in [6, 6.07) is 0. The number of nitrogens with zero attached hydrogens (tertiary/aromatic N) is 4. The van der Waals surface area contributed by atoms with Crippen molar-refractivity contribution in [3.05, 3.63) is 12.4 Å². The molecule has 1 aromatic heterocycles. The van der Waals surface area contributed by atoms with Crippen LogP contribution in [0.25, 0.3) is 0 Å². The monoisotopic (exact) mass is 253 g/mol. The van der Waals surface area contributed by atoms with E-state index in [4.69, 9.17) is 0 Å². The molecule has 17 heavy (non-hydrogen) atoms. The zero-order chi connectivity index (χ0) is 11.9. The molecule has 0 fully saturated rings. The van der Waals surface area contributed by atoms with Crippen LogP contribution < -0.4 is 5.32 Å². The van der Waals surface area contributed by atoms with E-state index >= 15 is 0 Å². The van der Waals surface area contributed by atoms with E-state index in [1.807, 2.05) is 22.6 Å². The van der Waals surface area contributed by atoms with E-state index < -0.39 is 0 Å². The molecule has 0 amide bonds.